The topological polar surface area (TPSA) is 34.1 Å². The van der Waals surface area contributed by atoms with Gasteiger partial charge >= 0.3 is 0 Å². The molecule has 1 heterocycles. The van der Waals surface area contributed by atoms with E-state index in [1.165, 1.54) is 11.1 Å². The predicted molar refractivity (Wildman–Crippen MR) is 66.5 cm³/mol. The second-order valence-electron chi connectivity index (χ2n) is 4.92. The Kier molecular flexibility index (Phi) is 4.44. The summed E-state index contributed by atoms with van der Waals surface area (Å²) in [4.78, 5) is 4.17. The van der Waals surface area contributed by atoms with Crippen LogP contribution in [-0.2, 0) is 4.74 Å². The molecule has 0 amide bonds. The summed E-state index contributed by atoms with van der Waals surface area (Å²) in [7, 11) is 1.73. The first-order chi connectivity index (χ1) is 7.46. The van der Waals surface area contributed by atoms with Gasteiger partial charge in [-0.05, 0) is 44.9 Å². The number of pyridine rings is 1. The van der Waals surface area contributed by atoms with Crippen molar-refractivity contribution in [1.29, 1.82) is 0 Å². The smallest absolute Gasteiger partial charge is 0.0639 e. The predicted octanol–water partition coefficient (Wildman–Crippen LogP) is 2.47. The fraction of sp³-hybridized carbons (Fsp3) is 0.615. The highest BCUT2D eigenvalue weighted by Crippen LogP contribution is 2.18. The van der Waals surface area contributed by atoms with Gasteiger partial charge in [0.15, 0.2) is 0 Å². The van der Waals surface area contributed by atoms with Gasteiger partial charge in [0, 0.05) is 31.1 Å². The van der Waals surface area contributed by atoms with Crippen molar-refractivity contribution < 1.29 is 4.74 Å². The quantitative estimate of drug-likeness (QED) is 0.831. The molecule has 0 aliphatic carbocycles. The molecule has 0 aliphatic heterocycles. The van der Waals surface area contributed by atoms with Gasteiger partial charge in [-0.1, -0.05) is 0 Å². The lowest BCUT2D eigenvalue weighted by molar-refractivity contribution is 0.122. The number of nitrogens with one attached hydrogen (secondary N) is 1. The third kappa shape index (κ3) is 3.58. The Morgan fingerprint density at radius 1 is 1.50 bits per heavy atom. The summed E-state index contributed by atoms with van der Waals surface area (Å²) < 4.78 is 5.20. The van der Waals surface area contributed by atoms with Crippen LogP contribution >= 0.6 is 0 Å². The molecule has 1 N–H and O–H groups in total. The van der Waals surface area contributed by atoms with Gasteiger partial charge in [-0.15, -0.1) is 0 Å². The van der Waals surface area contributed by atoms with Crippen LogP contribution in [0.1, 0.15) is 37.9 Å². The first-order valence-corrected chi connectivity index (χ1v) is 5.63. The Hall–Kier alpha value is -0.930. The molecule has 1 rings (SSSR count). The summed E-state index contributed by atoms with van der Waals surface area (Å²) in [6.45, 7) is 9.23. The van der Waals surface area contributed by atoms with E-state index < -0.39 is 0 Å². The van der Waals surface area contributed by atoms with E-state index in [0.29, 0.717) is 6.61 Å². The lowest BCUT2D eigenvalue weighted by Gasteiger charge is -2.30. The van der Waals surface area contributed by atoms with E-state index in [1.807, 2.05) is 18.5 Å². The van der Waals surface area contributed by atoms with Gasteiger partial charge in [0.2, 0.25) is 0 Å². The lowest BCUT2D eigenvalue weighted by atomic mass is 10.0. The van der Waals surface area contributed by atoms with E-state index in [1.54, 1.807) is 7.11 Å². The highest BCUT2D eigenvalue weighted by molar-refractivity contribution is 5.24. The third-order valence-electron chi connectivity index (χ3n) is 2.66. The molecule has 1 atom stereocenters. The molecule has 16 heavy (non-hydrogen) atoms. The Balaban J connectivity index is 2.72. The molecule has 3 heteroatoms. The van der Waals surface area contributed by atoms with Crippen molar-refractivity contribution in [2.75, 3.05) is 13.7 Å². The molecule has 1 aromatic rings. The zero-order chi connectivity index (χ0) is 12.2. The van der Waals surface area contributed by atoms with Gasteiger partial charge in [-0.3, -0.25) is 4.98 Å². The van der Waals surface area contributed by atoms with Crippen molar-refractivity contribution >= 4 is 0 Å². The van der Waals surface area contributed by atoms with Gasteiger partial charge in [-0.25, -0.2) is 0 Å². The van der Waals surface area contributed by atoms with E-state index in [4.69, 9.17) is 4.74 Å². The van der Waals surface area contributed by atoms with Crippen LogP contribution < -0.4 is 5.32 Å². The van der Waals surface area contributed by atoms with Gasteiger partial charge in [-0.2, -0.15) is 0 Å². The molecule has 0 bridgehead atoms. The van der Waals surface area contributed by atoms with Gasteiger partial charge in [0.05, 0.1) is 6.61 Å². The zero-order valence-corrected chi connectivity index (χ0v) is 10.9. The highest BCUT2D eigenvalue weighted by atomic mass is 16.5. The minimum absolute atomic E-state index is 0.0313. The van der Waals surface area contributed by atoms with E-state index in [9.17, 15) is 0 Å². The normalized spacial score (nSPS) is 13.8. The van der Waals surface area contributed by atoms with Crippen molar-refractivity contribution in [3.8, 4) is 0 Å². The Bertz CT molecular complexity index is 336. The summed E-state index contributed by atoms with van der Waals surface area (Å²) in [5.74, 6) is 0. The molecule has 0 aromatic carbocycles. The number of ether oxygens (including phenoxy) is 1. The second-order valence-corrected chi connectivity index (χ2v) is 4.92. The SMILES string of the molecule is COCC(C)(C)NC(C)c1cnccc1C. The van der Waals surface area contributed by atoms with Crippen LogP contribution in [0.4, 0.5) is 0 Å². The molecule has 90 valence electrons. The molecule has 0 aliphatic rings. The Morgan fingerprint density at radius 3 is 2.75 bits per heavy atom. The van der Waals surface area contributed by atoms with Crippen molar-refractivity contribution in [3.05, 3.63) is 29.6 Å². The van der Waals surface area contributed by atoms with E-state index in [0.717, 1.165) is 0 Å². The fourth-order valence-electron chi connectivity index (χ4n) is 2.00. The van der Waals surface area contributed by atoms with Crippen molar-refractivity contribution in [2.24, 2.45) is 0 Å². The Morgan fingerprint density at radius 2 is 2.19 bits per heavy atom. The molecule has 1 aromatic heterocycles. The van der Waals surface area contributed by atoms with Crippen LogP contribution in [0.2, 0.25) is 0 Å². The van der Waals surface area contributed by atoms with Crippen LogP contribution in [0.25, 0.3) is 0 Å². The number of nitrogens with zero attached hydrogens (tertiary/aromatic N) is 1. The maximum atomic E-state index is 5.20. The van der Waals surface area contributed by atoms with Gasteiger partial charge < -0.3 is 10.1 Å². The number of aromatic nitrogens is 1. The second kappa shape index (κ2) is 5.41. The molecule has 3 nitrogen and oxygen atoms in total. The minimum atomic E-state index is -0.0313. The van der Waals surface area contributed by atoms with E-state index in [-0.39, 0.29) is 11.6 Å². The first kappa shape index (κ1) is 13.1. The summed E-state index contributed by atoms with van der Waals surface area (Å²) in [5, 5.41) is 3.55. The van der Waals surface area contributed by atoms with Crippen LogP contribution in [0.5, 0.6) is 0 Å². The summed E-state index contributed by atoms with van der Waals surface area (Å²) in [6, 6.07) is 2.32. The monoisotopic (exact) mass is 222 g/mol. The van der Waals surface area contributed by atoms with Crippen molar-refractivity contribution in [3.63, 3.8) is 0 Å². The standard InChI is InChI=1S/C13H22N2O/c1-10-6-7-14-8-12(10)11(2)15-13(3,4)9-16-5/h6-8,11,15H,9H2,1-5H3. The van der Waals surface area contributed by atoms with Crippen LogP contribution in [0, 0.1) is 6.92 Å². The van der Waals surface area contributed by atoms with Crippen molar-refractivity contribution in [1.82, 2.24) is 10.3 Å². The third-order valence-corrected chi connectivity index (χ3v) is 2.66. The number of hydrogen-bond donors (Lipinski definition) is 1. The van der Waals surface area contributed by atoms with Crippen molar-refractivity contribution in [2.45, 2.75) is 39.3 Å². The molecule has 1 unspecified atom stereocenters. The van der Waals surface area contributed by atoms with E-state index in [2.05, 4.69) is 38.0 Å². The average Bonchev–Trinajstić information content (AvgIpc) is 2.17. The largest absolute Gasteiger partial charge is 0.383 e. The molecule has 0 radical (unpaired) electrons. The average molecular weight is 222 g/mol. The van der Waals surface area contributed by atoms with Gasteiger partial charge in [0.25, 0.3) is 0 Å². The first-order valence-electron chi connectivity index (χ1n) is 5.63. The minimum Gasteiger partial charge on any atom is -0.383 e. The van der Waals surface area contributed by atoms with Crippen LogP contribution in [0.3, 0.4) is 0 Å². The molecule has 0 saturated heterocycles. The number of rotatable bonds is 5. The maximum Gasteiger partial charge on any atom is 0.0639 e. The molecule has 0 fully saturated rings. The zero-order valence-electron chi connectivity index (χ0n) is 10.9. The summed E-state index contributed by atoms with van der Waals surface area (Å²) >= 11 is 0. The molecular weight excluding hydrogens is 200 g/mol. The maximum absolute atomic E-state index is 5.20. The van der Waals surface area contributed by atoms with Crippen LogP contribution in [0.15, 0.2) is 18.5 Å². The molecule has 0 spiro atoms. The highest BCUT2D eigenvalue weighted by Gasteiger charge is 2.21. The lowest BCUT2D eigenvalue weighted by Crippen LogP contribution is -2.44. The van der Waals surface area contributed by atoms with E-state index >= 15 is 0 Å². The van der Waals surface area contributed by atoms with Gasteiger partial charge in [0.1, 0.15) is 0 Å². The molecule has 0 saturated carbocycles. The number of aryl methyl sites for hydroxylation is 1. The summed E-state index contributed by atoms with van der Waals surface area (Å²) in [5.41, 5.74) is 2.48. The fourth-order valence-corrected chi connectivity index (χ4v) is 2.00. The molecular formula is C13H22N2O. The Labute approximate surface area is 98.2 Å². The van der Waals surface area contributed by atoms with Crippen LogP contribution in [-0.4, -0.2) is 24.2 Å². The summed E-state index contributed by atoms with van der Waals surface area (Å²) in [6.07, 6.45) is 3.75. The number of hydrogen-bond acceptors (Lipinski definition) is 3. The number of methoxy groups -OCH3 is 1.